The normalized spacial score (nSPS) is 15.9. The molecule has 1 saturated carbocycles. The molecule has 4 nitrogen and oxygen atoms in total. The van der Waals surface area contributed by atoms with E-state index in [2.05, 4.69) is 0 Å². The van der Waals surface area contributed by atoms with Gasteiger partial charge in [0.05, 0.1) is 17.2 Å². The number of nitriles is 1. The van der Waals surface area contributed by atoms with E-state index in [9.17, 15) is 18.0 Å². The van der Waals surface area contributed by atoms with Crippen molar-refractivity contribution >= 4 is 11.7 Å². The zero-order valence-electron chi connectivity index (χ0n) is 15.4. The van der Waals surface area contributed by atoms with Gasteiger partial charge in [0.1, 0.15) is 11.6 Å². The number of alkyl halides is 3. The van der Waals surface area contributed by atoms with Crippen molar-refractivity contribution in [2.45, 2.75) is 58.4 Å². The van der Waals surface area contributed by atoms with E-state index in [1.165, 1.54) is 6.07 Å². The van der Waals surface area contributed by atoms with Crippen LogP contribution in [0.2, 0.25) is 0 Å². The third-order valence-electron chi connectivity index (χ3n) is 4.13. The Kier molecular flexibility index (Phi) is 5.55. The van der Waals surface area contributed by atoms with E-state index in [0.717, 1.165) is 25.0 Å². The molecule has 2 rings (SSSR count). The number of hydrogen-bond donors (Lipinski definition) is 0. The summed E-state index contributed by atoms with van der Waals surface area (Å²) in [4.78, 5) is 14.1. The molecule has 1 atom stereocenters. The number of rotatable bonds is 5. The zero-order chi connectivity index (χ0) is 19.7. The number of anilines is 1. The van der Waals surface area contributed by atoms with Crippen molar-refractivity contribution in [1.82, 2.24) is 0 Å². The molecular formula is C19H23F3N2O2. The third-order valence-corrected chi connectivity index (χ3v) is 4.13. The Morgan fingerprint density at radius 1 is 1.35 bits per heavy atom. The molecule has 1 aliphatic rings. The topological polar surface area (TPSA) is 53.3 Å². The van der Waals surface area contributed by atoms with Gasteiger partial charge in [0.15, 0.2) is 0 Å². The first kappa shape index (κ1) is 20.1. The molecule has 0 heterocycles. The summed E-state index contributed by atoms with van der Waals surface area (Å²) >= 11 is 0. The second-order valence-electron chi connectivity index (χ2n) is 7.64. The highest BCUT2D eigenvalue weighted by atomic mass is 19.4. The van der Waals surface area contributed by atoms with Gasteiger partial charge in [-0.05, 0) is 64.7 Å². The van der Waals surface area contributed by atoms with E-state index in [1.807, 2.05) is 0 Å². The van der Waals surface area contributed by atoms with E-state index < -0.39 is 34.9 Å². The summed E-state index contributed by atoms with van der Waals surface area (Å²) in [5.74, 6) is -0.138. The number of halogens is 3. The van der Waals surface area contributed by atoms with Crippen molar-refractivity contribution in [2.75, 3.05) is 11.4 Å². The van der Waals surface area contributed by atoms with Gasteiger partial charge in [0, 0.05) is 12.2 Å². The molecule has 26 heavy (non-hydrogen) atoms. The minimum Gasteiger partial charge on any atom is -0.458 e. The van der Waals surface area contributed by atoms with Crippen LogP contribution in [0.15, 0.2) is 18.2 Å². The first-order chi connectivity index (χ1) is 11.9. The van der Waals surface area contributed by atoms with Crippen molar-refractivity contribution in [3.8, 4) is 6.07 Å². The van der Waals surface area contributed by atoms with E-state index in [1.54, 1.807) is 38.7 Å². The lowest BCUT2D eigenvalue weighted by molar-refractivity contribution is -0.156. The Morgan fingerprint density at radius 3 is 2.42 bits per heavy atom. The Morgan fingerprint density at radius 2 is 1.96 bits per heavy atom. The summed E-state index contributed by atoms with van der Waals surface area (Å²) in [6.45, 7) is 7.33. The summed E-state index contributed by atoms with van der Waals surface area (Å²) in [5, 5.41) is 8.95. The molecule has 0 bridgehead atoms. The summed E-state index contributed by atoms with van der Waals surface area (Å²) in [5.41, 5.74) is -1.84. The second-order valence-corrected chi connectivity index (χ2v) is 7.64. The minimum absolute atomic E-state index is 0.265. The van der Waals surface area contributed by atoms with E-state index in [-0.39, 0.29) is 5.69 Å². The van der Waals surface area contributed by atoms with Gasteiger partial charge >= 0.3 is 12.1 Å². The van der Waals surface area contributed by atoms with Gasteiger partial charge in [0.25, 0.3) is 0 Å². The number of nitrogens with zero attached hydrogens (tertiary/aromatic N) is 2. The molecule has 1 aromatic carbocycles. The van der Waals surface area contributed by atoms with Crippen LogP contribution in [0.3, 0.4) is 0 Å². The largest absolute Gasteiger partial charge is 0.458 e. The summed E-state index contributed by atoms with van der Waals surface area (Å²) < 4.78 is 45.2. The lowest BCUT2D eigenvalue weighted by atomic mass is 10.1. The summed E-state index contributed by atoms with van der Waals surface area (Å²) in [6.07, 6.45) is -2.67. The summed E-state index contributed by atoms with van der Waals surface area (Å²) in [6, 6.07) is 4.40. The molecule has 1 aliphatic carbocycles. The number of benzene rings is 1. The van der Waals surface area contributed by atoms with Crippen molar-refractivity contribution in [1.29, 1.82) is 5.26 Å². The fourth-order valence-electron chi connectivity index (χ4n) is 2.62. The molecule has 142 valence electrons. The van der Waals surface area contributed by atoms with Gasteiger partial charge < -0.3 is 9.64 Å². The average Bonchev–Trinajstić information content (AvgIpc) is 3.33. The smallest absolute Gasteiger partial charge is 0.417 e. The average molecular weight is 368 g/mol. The van der Waals surface area contributed by atoms with Crippen LogP contribution in [0.5, 0.6) is 0 Å². The third kappa shape index (κ3) is 5.13. The van der Waals surface area contributed by atoms with Gasteiger partial charge in [-0.2, -0.15) is 18.4 Å². The van der Waals surface area contributed by atoms with Crippen LogP contribution in [0.4, 0.5) is 18.9 Å². The molecule has 0 amide bonds. The fourth-order valence-corrected chi connectivity index (χ4v) is 2.62. The van der Waals surface area contributed by atoms with E-state index in [4.69, 9.17) is 10.00 Å². The summed E-state index contributed by atoms with van der Waals surface area (Å²) in [7, 11) is 0. The van der Waals surface area contributed by atoms with Crippen molar-refractivity contribution in [3.05, 3.63) is 29.3 Å². The van der Waals surface area contributed by atoms with E-state index in [0.29, 0.717) is 12.5 Å². The molecular weight excluding hydrogens is 345 g/mol. The van der Waals surface area contributed by atoms with Crippen LogP contribution in [-0.4, -0.2) is 24.2 Å². The molecule has 1 aromatic rings. The maximum absolute atomic E-state index is 13.3. The lowest BCUT2D eigenvalue weighted by Gasteiger charge is -2.32. The first-order valence-electron chi connectivity index (χ1n) is 8.53. The first-order valence-corrected chi connectivity index (χ1v) is 8.53. The Balaban J connectivity index is 2.38. The molecule has 0 N–H and O–H groups in total. The van der Waals surface area contributed by atoms with Crippen molar-refractivity contribution < 1.29 is 22.7 Å². The lowest BCUT2D eigenvalue weighted by Crippen LogP contribution is -2.44. The number of carbonyl (C=O) groups excluding carboxylic acids is 1. The van der Waals surface area contributed by atoms with Crippen LogP contribution in [-0.2, 0) is 15.7 Å². The maximum atomic E-state index is 13.3. The highest BCUT2D eigenvalue weighted by Gasteiger charge is 2.36. The van der Waals surface area contributed by atoms with Gasteiger partial charge in [0.2, 0.25) is 0 Å². The zero-order valence-corrected chi connectivity index (χ0v) is 15.4. The predicted molar refractivity (Wildman–Crippen MR) is 91.5 cm³/mol. The minimum atomic E-state index is -4.64. The van der Waals surface area contributed by atoms with Crippen LogP contribution in [0, 0.1) is 17.2 Å². The highest BCUT2D eigenvalue weighted by molar-refractivity contribution is 5.80. The van der Waals surface area contributed by atoms with Crippen LogP contribution >= 0.6 is 0 Å². The Labute approximate surface area is 151 Å². The molecule has 7 heteroatoms. The standard InChI is InChI=1S/C19H23F3N2O2/c1-12(17(25)26-18(2,3)4)24(11-13-5-6-13)15-8-7-14(10-23)16(9-15)19(20,21)22/h7-9,12-13H,5-6,11H2,1-4H3. The molecule has 0 aliphatic heterocycles. The monoisotopic (exact) mass is 368 g/mol. The van der Waals surface area contributed by atoms with Crippen LogP contribution in [0.1, 0.15) is 51.7 Å². The molecule has 0 aromatic heterocycles. The molecule has 1 unspecified atom stereocenters. The van der Waals surface area contributed by atoms with Crippen LogP contribution in [0.25, 0.3) is 0 Å². The SMILES string of the molecule is CC(C(=O)OC(C)(C)C)N(CC1CC1)c1ccc(C#N)c(C(F)(F)F)c1. The van der Waals surface area contributed by atoms with Crippen molar-refractivity contribution in [3.63, 3.8) is 0 Å². The Bertz CT molecular complexity index is 713. The van der Waals surface area contributed by atoms with Gasteiger partial charge in [-0.25, -0.2) is 4.79 Å². The molecule has 1 fully saturated rings. The van der Waals surface area contributed by atoms with Crippen molar-refractivity contribution in [2.24, 2.45) is 5.92 Å². The number of esters is 1. The second kappa shape index (κ2) is 7.18. The van der Waals surface area contributed by atoms with Gasteiger partial charge in [-0.1, -0.05) is 0 Å². The molecule has 0 saturated heterocycles. The molecule has 0 spiro atoms. The quantitative estimate of drug-likeness (QED) is 0.717. The maximum Gasteiger partial charge on any atom is 0.417 e. The van der Waals surface area contributed by atoms with E-state index >= 15 is 0 Å². The van der Waals surface area contributed by atoms with Gasteiger partial charge in [-0.3, -0.25) is 0 Å². The van der Waals surface area contributed by atoms with Crippen LogP contribution < -0.4 is 4.90 Å². The highest BCUT2D eigenvalue weighted by Crippen LogP contribution is 2.37. The number of hydrogen-bond acceptors (Lipinski definition) is 4. The predicted octanol–water partition coefficient (Wildman–Crippen LogP) is 4.52. The molecule has 0 radical (unpaired) electrons. The Hall–Kier alpha value is -2.23. The number of carbonyl (C=O) groups is 1. The fraction of sp³-hybridized carbons (Fsp3) is 0.579. The van der Waals surface area contributed by atoms with Gasteiger partial charge in [-0.15, -0.1) is 0 Å². The number of ether oxygens (including phenoxy) is 1.